The van der Waals surface area contributed by atoms with Crippen LogP contribution in [0.3, 0.4) is 0 Å². The molecular weight excluding hydrogens is 638 g/mol. The van der Waals surface area contributed by atoms with Crippen LogP contribution in [0.5, 0.6) is 0 Å². The van der Waals surface area contributed by atoms with Crippen molar-refractivity contribution in [3.05, 3.63) is 48.6 Å². The summed E-state index contributed by atoms with van der Waals surface area (Å²) in [4.78, 5) is 12.9. The lowest BCUT2D eigenvalue weighted by Crippen LogP contribution is -2.60. The van der Waals surface area contributed by atoms with Crippen molar-refractivity contribution < 1.29 is 44.9 Å². The number of carbonyl (C=O) groups is 1. The summed E-state index contributed by atoms with van der Waals surface area (Å²) < 4.78 is 11.0. The molecule has 0 aliphatic carbocycles. The van der Waals surface area contributed by atoms with Crippen LogP contribution in [-0.2, 0) is 14.3 Å². The van der Waals surface area contributed by atoms with Crippen LogP contribution in [0.15, 0.2) is 48.6 Å². The molecule has 10 heteroatoms. The Bertz CT molecular complexity index is 938. The van der Waals surface area contributed by atoms with Gasteiger partial charge in [-0.15, -0.1) is 0 Å². The van der Waals surface area contributed by atoms with E-state index in [2.05, 4.69) is 55.6 Å². The number of amides is 1. The highest BCUT2D eigenvalue weighted by molar-refractivity contribution is 5.80. The first-order valence-electron chi connectivity index (χ1n) is 19.5. The van der Waals surface area contributed by atoms with Gasteiger partial charge in [0.2, 0.25) is 5.91 Å². The molecule has 8 unspecified atom stereocenters. The molecule has 1 heterocycles. The second-order valence-electron chi connectivity index (χ2n) is 13.5. The minimum Gasteiger partial charge on any atom is -0.394 e. The van der Waals surface area contributed by atoms with E-state index in [4.69, 9.17) is 9.47 Å². The molecule has 1 fully saturated rings. The lowest BCUT2D eigenvalue weighted by atomic mass is 9.99. The van der Waals surface area contributed by atoms with Gasteiger partial charge in [-0.3, -0.25) is 4.79 Å². The summed E-state index contributed by atoms with van der Waals surface area (Å²) in [6.07, 6.45) is 26.3. The maximum atomic E-state index is 12.9. The van der Waals surface area contributed by atoms with Gasteiger partial charge in [0.1, 0.15) is 30.5 Å². The first kappa shape index (κ1) is 46.1. The van der Waals surface area contributed by atoms with Gasteiger partial charge in [0.05, 0.1) is 25.4 Å². The standard InChI is InChI=1S/C40H71NO9/c1-3-5-7-9-11-13-15-16-17-19-21-23-25-27-29-34(44)39(48)41-32(31-49-40-38(47)37(46)36(45)35(30-42)50-40)33(43)28-26-24-22-20-18-14-12-10-8-6-4-2/h8,10,13,15,18,20,26,28,32-38,40,42-47H,3-7,9,11-12,14,16-17,19,21-25,27,29-31H2,1-2H3,(H,41,48)/b10-8+,15-13-,20-18+,28-26+. The van der Waals surface area contributed by atoms with Crippen LogP contribution in [0.2, 0.25) is 0 Å². The Morgan fingerprint density at radius 2 is 1.22 bits per heavy atom. The highest BCUT2D eigenvalue weighted by Crippen LogP contribution is 2.22. The van der Waals surface area contributed by atoms with E-state index < -0.39 is 61.5 Å². The zero-order chi connectivity index (χ0) is 36.8. The molecule has 0 aromatic rings. The molecule has 1 rings (SSSR count). The van der Waals surface area contributed by atoms with Crippen molar-refractivity contribution in [2.75, 3.05) is 13.2 Å². The summed E-state index contributed by atoms with van der Waals surface area (Å²) in [7, 11) is 0. The van der Waals surface area contributed by atoms with Crippen LogP contribution in [-0.4, -0.2) is 98.7 Å². The number of aliphatic hydroxyl groups excluding tert-OH is 6. The number of ether oxygens (including phenoxy) is 2. The van der Waals surface area contributed by atoms with Gasteiger partial charge >= 0.3 is 0 Å². The quantitative estimate of drug-likeness (QED) is 0.0366. The monoisotopic (exact) mass is 710 g/mol. The van der Waals surface area contributed by atoms with Gasteiger partial charge < -0.3 is 45.4 Å². The highest BCUT2D eigenvalue weighted by Gasteiger charge is 2.44. The highest BCUT2D eigenvalue weighted by atomic mass is 16.7. The molecule has 1 aliphatic rings. The maximum Gasteiger partial charge on any atom is 0.249 e. The number of nitrogens with one attached hydrogen (secondary N) is 1. The third-order valence-corrected chi connectivity index (χ3v) is 8.94. The fourth-order valence-corrected chi connectivity index (χ4v) is 5.66. The minimum atomic E-state index is -1.62. The Kier molecular flexibility index (Phi) is 28.3. The molecule has 0 bridgehead atoms. The van der Waals surface area contributed by atoms with Gasteiger partial charge in [-0.1, -0.05) is 120 Å². The summed E-state index contributed by atoms with van der Waals surface area (Å²) in [6.45, 7) is 3.45. The molecule has 0 radical (unpaired) electrons. The molecule has 50 heavy (non-hydrogen) atoms. The molecule has 10 nitrogen and oxygen atoms in total. The molecule has 1 amide bonds. The van der Waals surface area contributed by atoms with Crippen molar-refractivity contribution in [2.24, 2.45) is 0 Å². The Hall–Kier alpha value is -1.89. The van der Waals surface area contributed by atoms with Crippen LogP contribution >= 0.6 is 0 Å². The van der Waals surface area contributed by atoms with E-state index in [0.717, 1.165) is 64.2 Å². The summed E-state index contributed by atoms with van der Waals surface area (Å²) >= 11 is 0. The minimum absolute atomic E-state index is 0.291. The molecule has 8 atom stereocenters. The molecule has 0 aromatic heterocycles. The first-order chi connectivity index (χ1) is 24.3. The normalized spacial score (nSPS) is 23.4. The average molecular weight is 710 g/mol. The molecular formula is C40H71NO9. The number of unbranched alkanes of at least 4 members (excludes halogenated alkanes) is 13. The maximum absolute atomic E-state index is 12.9. The smallest absolute Gasteiger partial charge is 0.249 e. The summed E-state index contributed by atoms with van der Waals surface area (Å²) in [5.74, 6) is -0.641. The zero-order valence-electron chi connectivity index (χ0n) is 31.0. The SMILES string of the molecule is CCC/C=C/CC/C=C/CC/C=C/C(O)C(COC1OC(CO)C(O)C(O)C1O)NC(=O)C(O)CCCCCCCC/C=C\CCCCCC. The third kappa shape index (κ3) is 21.5. The topological polar surface area (TPSA) is 169 Å². The van der Waals surface area contributed by atoms with Crippen molar-refractivity contribution in [1.82, 2.24) is 5.32 Å². The molecule has 0 saturated carbocycles. The lowest BCUT2D eigenvalue weighted by molar-refractivity contribution is -0.302. The van der Waals surface area contributed by atoms with E-state index in [1.165, 1.54) is 38.5 Å². The van der Waals surface area contributed by atoms with E-state index >= 15 is 0 Å². The van der Waals surface area contributed by atoms with Crippen LogP contribution in [0.4, 0.5) is 0 Å². The van der Waals surface area contributed by atoms with Gasteiger partial charge in [-0.05, 0) is 64.2 Å². The summed E-state index contributed by atoms with van der Waals surface area (Å²) in [6, 6.07) is -1.00. The lowest BCUT2D eigenvalue weighted by Gasteiger charge is -2.40. The second-order valence-corrected chi connectivity index (χ2v) is 13.5. The van der Waals surface area contributed by atoms with Gasteiger partial charge in [-0.2, -0.15) is 0 Å². The zero-order valence-corrected chi connectivity index (χ0v) is 31.0. The fourth-order valence-electron chi connectivity index (χ4n) is 5.66. The molecule has 0 aromatic carbocycles. The van der Waals surface area contributed by atoms with Gasteiger partial charge in [0.15, 0.2) is 6.29 Å². The van der Waals surface area contributed by atoms with Crippen molar-refractivity contribution in [2.45, 2.75) is 185 Å². The number of aliphatic hydroxyl groups is 6. The predicted octanol–water partition coefficient (Wildman–Crippen LogP) is 5.69. The second kappa shape index (κ2) is 30.7. The largest absolute Gasteiger partial charge is 0.394 e. The van der Waals surface area contributed by atoms with Crippen molar-refractivity contribution in [3.63, 3.8) is 0 Å². The fraction of sp³-hybridized carbons (Fsp3) is 0.775. The number of rotatable bonds is 30. The van der Waals surface area contributed by atoms with E-state index in [9.17, 15) is 35.4 Å². The Morgan fingerprint density at radius 3 is 1.82 bits per heavy atom. The van der Waals surface area contributed by atoms with Crippen LogP contribution in [0.25, 0.3) is 0 Å². The number of hydrogen-bond acceptors (Lipinski definition) is 9. The Morgan fingerprint density at radius 1 is 0.680 bits per heavy atom. The van der Waals surface area contributed by atoms with E-state index in [1.54, 1.807) is 6.08 Å². The molecule has 1 saturated heterocycles. The van der Waals surface area contributed by atoms with E-state index in [1.807, 2.05) is 6.08 Å². The van der Waals surface area contributed by atoms with Gasteiger partial charge in [-0.25, -0.2) is 0 Å². The Balaban J connectivity index is 2.55. The number of hydrogen-bond donors (Lipinski definition) is 7. The average Bonchev–Trinajstić information content (AvgIpc) is 3.11. The van der Waals surface area contributed by atoms with Crippen molar-refractivity contribution in [1.29, 1.82) is 0 Å². The summed E-state index contributed by atoms with van der Waals surface area (Å²) in [5.41, 5.74) is 0. The van der Waals surface area contributed by atoms with Crippen LogP contribution < -0.4 is 5.32 Å². The number of carbonyl (C=O) groups excluding carboxylic acids is 1. The molecule has 1 aliphatic heterocycles. The van der Waals surface area contributed by atoms with Crippen LogP contribution in [0, 0.1) is 0 Å². The molecule has 290 valence electrons. The van der Waals surface area contributed by atoms with E-state index in [-0.39, 0.29) is 6.61 Å². The van der Waals surface area contributed by atoms with Gasteiger partial charge in [0.25, 0.3) is 0 Å². The number of allylic oxidation sites excluding steroid dienone is 7. The van der Waals surface area contributed by atoms with Crippen molar-refractivity contribution in [3.8, 4) is 0 Å². The van der Waals surface area contributed by atoms with Crippen molar-refractivity contribution >= 4 is 5.91 Å². The summed E-state index contributed by atoms with van der Waals surface area (Å²) in [5, 5.41) is 64.2. The van der Waals surface area contributed by atoms with Gasteiger partial charge in [0, 0.05) is 0 Å². The molecule has 0 spiro atoms. The third-order valence-electron chi connectivity index (χ3n) is 8.94. The van der Waals surface area contributed by atoms with E-state index in [0.29, 0.717) is 19.3 Å². The predicted molar refractivity (Wildman–Crippen MR) is 199 cm³/mol. The van der Waals surface area contributed by atoms with Crippen LogP contribution in [0.1, 0.15) is 136 Å². The Labute approximate surface area is 302 Å². The first-order valence-corrected chi connectivity index (χ1v) is 19.5. The molecule has 7 N–H and O–H groups in total.